The number of hydrogen-bond acceptors (Lipinski definition) is 23. The van der Waals surface area contributed by atoms with Crippen molar-refractivity contribution in [3.05, 3.63) is 0 Å². The topological polar surface area (TPSA) is 372 Å². The third kappa shape index (κ3) is 15.4. The van der Waals surface area contributed by atoms with E-state index in [4.69, 9.17) is 52.5 Å². The van der Waals surface area contributed by atoms with E-state index >= 15 is 0 Å². The van der Waals surface area contributed by atoms with Crippen molar-refractivity contribution < 1.29 is 119 Å². The van der Waals surface area contributed by atoms with Crippen LogP contribution in [-0.4, -0.2) is 239 Å². The Morgan fingerprint density at radius 1 is 0.429 bits per heavy atom. The van der Waals surface area contributed by atoms with Gasteiger partial charge in [-0.15, -0.1) is 0 Å². The zero-order valence-corrected chi connectivity index (χ0v) is 40.7. The fourth-order valence-corrected chi connectivity index (χ4v) is 9.37. The van der Waals surface area contributed by atoms with Gasteiger partial charge in [-0.2, -0.15) is 0 Å². The molecule has 0 aliphatic carbocycles. The molecule has 0 saturated carbocycles. The van der Waals surface area contributed by atoms with Crippen molar-refractivity contribution in [2.75, 3.05) is 6.61 Å². The maximum Gasteiger partial charge on any atom is 0.303 e. The molecular formula is C46H82O24. The van der Waals surface area contributed by atoms with Crippen molar-refractivity contribution in [3.63, 3.8) is 0 Å². The zero-order chi connectivity index (χ0) is 51.6. The average Bonchev–Trinajstić information content (AvgIpc) is 3.32. The number of aliphatic hydroxyl groups is 12. The molecule has 5 aliphatic rings. The Bertz CT molecular complexity index is 1520. The number of carboxylic acids is 1. The van der Waals surface area contributed by atoms with Crippen LogP contribution in [0.15, 0.2) is 0 Å². The molecule has 0 aromatic rings. The van der Waals surface area contributed by atoms with Crippen molar-refractivity contribution in [1.29, 1.82) is 0 Å². The third-order valence-corrected chi connectivity index (χ3v) is 14.0. The lowest BCUT2D eigenvalue weighted by molar-refractivity contribution is -0.398. The van der Waals surface area contributed by atoms with E-state index < -0.39 is 172 Å². The third-order valence-electron chi connectivity index (χ3n) is 14.0. The predicted octanol–water partition coefficient (Wildman–Crippen LogP) is -2.25. The minimum absolute atomic E-state index is 0.147. The zero-order valence-electron chi connectivity index (χ0n) is 40.7. The first-order valence-electron chi connectivity index (χ1n) is 25.1. The number of unbranched alkanes of at least 4 members (excludes halogenated alkanes) is 8. The van der Waals surface area contributed by atoms with Crippen LogP contribution in [-0.2, 0) is 52.2 Å². The molecule has 0 spiro atoms. The number of aliphatic carboxylic acids is 1. The highest BCUT2D eigenvalue weighted by Gasteiger charge is 2.55. The highest BCUT2D eigenvalue weighted by molar-refractivity contribution is 5.66. The van der Waals surface area contributed by atoms with Gasteiger partial charge in [-0.25, -0.2) is 0 Å². The van der Waals surface area contributed by atoms with Crippen LogP contribution in [0.25, 0.3) is 0 Å². The van der Waals surface area contributed by atoms with Crippen molar-refractivity contribution in [2.45, 2.75) is 278 Å². The van der Waals surface area contributed by atoms with Crippen LogP contribution in [0.1, 0.15) is 118 Å². The van der Waals surface area contributed by atoms with Crippen molar-refractivity contribution in [1.82, 2.24) is 0 Å². The van der Waals surface area contributed by atoms with E-state index in [-0.39, 0.29) is 6.42 Å². The summed E-state index contributed by atoms with van der Waals surface area (Å²) in [6.45, 7) is 7.14. The molecule has 24 nitrogen and oxygen atoms in total. The Morgan fingerprint density at radius 2 is 0.814 bits per heavy atom. The van der Waals surface area contributed by atoms with Crippen LogP contribution < -0.4 is 0 Å². The van der Waals surface area contributed by atoms with E-state index in [9.17, 15) is 66.1 Å². The molecule has 0 aromatic heterocycles. The summed E-state index contributed by atoms with van der Waals surface area (Å²) in [5.41, 5.74) is 0. The Labute approximate surface area is 408 Å². The molecule has 0 radical (unpaired) electrons. The van der Waals surface area contributed by atoms with Crippen molar-refractivity contribution in [2.24, 2.45) is 0 Å². The second-order valence-electron chi connectivity index (χ2n) is 19.6. The van der Waals surface area contributed by atoms with E-state index in [0.717, 1.165) is 57.8 Å². The van der Waals surface area contributed by atoms with E-state index in [0.29, 0.717) is 19.3 Å². The summed E-state index contributed by atoms with van der Waals surface area (Å²) in [5.74, 6) is -0.808. The monoisotopic (exact) mass is 1020 g/mol. The largest absolute Gasteiger partial charge is 0.481 e. The molecule has 0 bridgehead atoms. The number of hydrogen-bond donors (Lipinski definition) is 13. The summed E-state index contributed by atoms with van der Waals surface area (Å²) in [7, 11) is 0. The SMILES string of the molecule is CCCCC[C@@H](CCCCCCCCCC(=O)O)O[C@@H]1O[C@@H](C)[C@H](O)[C@@H](O)[C@H]1O[C@@H]1O[C@H](CO[C@@H]2O[C@H](C)[C@@H](O)[C@H](O)[C@H]2O[C@@H]2O[C@@H](C)[C@H](O)[C@@H](O)[C@H]2O)[C@@H](O)[C@H](O)[C@H]1O[C@@H]1O[C@@H](C)[C@H](O)[C@@H](O)[C@H]1O. The number of aliphatic hydroxyl groups excluding tert-OH is 12. The van der Waals surface area contributed by atoms with Gasteiger partial charge in [-0.3, -0.25) is 4.79 Å². The average molecular weight is 1020 g/mol. The summed E-state index contributed by atoms with van der Waals surface area (Å²) >= 11 is 0. The minimum Gasteiger partial charge on any atom is -0.481 e. The fraction of sp³-hybridized carbons (Fsp3) is 0.978. The Hall–Kier alpha value is -1.41. The molecule has 0 amide bonds. The molecule has 26 atom stereocenters. The van der Waals surface area contributed by atoms with Crippen LogP contribution in [0.2, 0.25) is 0 Å². The first-order chi connectivity index (χ1) is 33.2. The van der Waals surface area contributed by atoms with Gasteiger partial charge in [0.2, 0.25) is 0 Å². The molecule has 5 aliphatic heterocycles. The number of rotatable bonds is 25. The Morgan fingerprint density at radius 3 is 1.31 bits per heavy atom. The Balaban J connectivity index is 1.36. The first-order valence-corrected chi connectivity index (χ1v) is 25.1. The van der Waals surface area contributed by atoms with E-state index in [1.807, 2.05) is 0 Å². The summed E-state index contributed by atoms with van der Waals surface area (Å²) in [6, 6.07) is 0. The highest BCUT2D eigenvalue weighted by atomic mass is 16.8. The van der Waals surface area contributed by atoms with Gasteiger partial charge in [0.25, 0.3) is 0 Å². The van der Waals surface area contributed by atoms with Gasteiger partial charge in [0.15, 0.2) is 31.5 Å². The van der Waals surface area contributed by atoms with Gasteiger partial charge in [0.1, 0.15) is 97.7 Å². The molecule has 0 unspecified atom stereocenters. The lowest BCUT2D eigenvalue weighted by atomic mass is 9.96. The van der Waals surface area contributed by atoms with Crippen LogP contribution in [0.5, 0.6) is 0 Å². The maximum atomic E-state index is 11.8. The van der Waals surface area contributed by atoms with E-state index in [2.05, 4.69) is 6.92 Å². The molecule has 5 heterocycles. The lowest BCUT2D eigenvalue weighted by Gasteiger charge is -2.49. The van der Waals surface area contributed by atoms with Crippen LogP contribution in [0.4, 0.5) is 0 Å². The van der Waals surface area contributed by atoms with Gasteiger partial charge in [-0.05, 0) is 47.0 Å². The summed E-state index contributed by atoms with van der Waals surface area (Å²) in [6.07, 6.45) is -30.0. The predicted molar refractivity (Wildman–Crippen MR) is 237 cm³/mol. The molecule has 24 heteroatoms. The summed E-state index contributed by atoms with van der Waals surface area (Å²) < 4.78 is 60.1. The van der Waals surface area contributed by atoms with Gasteiger partial charge in [-0.1, -0.05) is 64.7 Å². The second-order valence-corrected chi connectivity index (χ2v) is 19.6. The van der Waals surface area contributed by atoms with Gasteiger partial charge >= 0.3 is 5.97 Å². The molecule has 5 rings (SSSR count). The van der Waals surface area contributed by atoms with E-state index in [1.165, 1.54) is 27.7 Å². The van der Waals surface area contributed by atoms with Crippen molar-refractivity contribution in [3.8, 4) is 0 Å². The van der Waals surface area contributed by atoms with Crippen LogP contribution in [0.3, 0.4) is 0 Å². The smallest absolute Gasteiger partial charge is 0.303 e. The fourth-order valence-electron chi connectivity index (χ4n) is 9.37. The summed E-state index contributed by atoms with van der Waals surface area (Å²) in [4.78, 5) is 10.8. The molecule has 70 heavy (non-hydrogen) atoms. The van der Waals surface area contributed by atoms with Crippen LogP contribution >= 0.6 is 0 Å². The maximum absolute atomic E-state index is 11.8. The molecular weight excluding hydrogens is 936 g/mol. The molecule has 0 aromatic carbocycles. The molecule has 13 N–H and O–H groups in total. The quantitative estimate of drug-likeness (QED) is 0.0430. The summed E-state index contributed by atoms with van der Waals surface area (Å²) in [5, 5.41) is 140. The lowest BCUT2D eigenvalue weighted by Crippen LogP contribution is -2.67. The Kier molecular flexibility index (Phi) is 23.7. The number of carboxylic acid groups (broad SMARTS) is 1. The number of carbonyl (C=O) groups is 1. The minimum atomic E-state index is -1.99. The van der Waals surface area contributed by atoms with Gasteiger partial charge in [0.05, 0.1) is 37.1 Å². The van der Waals surface area contributed by atoms with Crippen molar-refractivity contribution >= 4 is 5.97 Å². The standard InChI is InChI=1S/C46H82O24/c1-6-7-13-16-24(17-14-11-9-8-10-12-15-18-26(47)48)66-45-40(35(57)30(52)23(5)65-45)70-46-41(69-43-38(60)33(55)28(50)21(3)63-43)36(58)31(53)25(67-46)19-61-44-39(34(56)29(51)22(4)64-44)68-42-37(59)32(54)27(49)20(2)62-42/h20-25,27-46,49-60H,6-19H2,1-5H3,(H,47,48)/t20-,21-,22+,23-,24-,25+,27-,28-,29+,30-,31+,32+,33+,34-,35+,36-,37+,38+,39+,40+,41+,42-,43-,44+,45-,46-/m0/s1. The molecule has 410 valence electrons. The highest BCUT2D eigenvalue weighted by Crippen LogP contribution is 2.36. The second kappa shape index (κ2) is 27.9. The first kappa shape index (κ1) is 59.5. The van der Waals surface area contributed by atoms with Crippen LogP contribution in [0, 0.1) is 0 Å². The number of ether oxygens (including phenoxy) is 10. The van der Waals surface area contributed by atoms with Gasteiger partial charge < -0.3 is 114 Å². The normalized spacial score (nSPS) is 45.4. The van der Waals surface area contributed by atoms with E-state index in [1.54, 1.807) is 0 Å². The van der Waals surface area contributed by atoms with Gasteiger partial charge in [0, 0.05) is 6.42 Å². The molecule has 5 fully saturated rings. The molecule has 5 saturated heterocycles.